The topological polar surface area (TPSA) is 72.0 Å². The summed E-state index contributed by atoms with van der Waals surface area (Å²) >= 11 is 0. The van der Waals surface area contributed by atoms with Crippen LogP contribution in [0.3, 0.4) is 0 Å². The minimum atomic E-state index is 0.589. The first-order chi connectivity index (χ1) is 13.2. The van der Waals surface area contributed by atoms with E-state index in [0.29, 0.717) is 23.0 Å². The van der Waals surface area contributed by atoms with Crippen molar-refractivity contribution in [3.8, 4) is 0 Å². The number of carbonyl (C=O) groups is 2. The van der Waals surface area contributed by atoms with E-state index in [4.69, 9.17) is 0 Å². The number of hydrogen-bond acceptors (Lipinski definition) is 5. The number of nitrogens with zero attached hydrogens (tertiary/aromatic N) is 2. The van der Waals surface area contributed by atoms with Gasteiger partial charge in [0, 0.05) is 34.1 Å². The van der Waals surface area contributed by atoms with Crippen LogP contribution in [0.1, 0.15) is 50.9 Å². The van der Waals surface area contributed by atoms with Crippen LogP contribution in [0.2, 0.25) is 0 Å². The third kappa shape index (κ3) is 5.57. The van der Waals surface area contributed by atoms with Gasteiger partial charge in [-0.05, 0) is 38.0 Å². The standard InChI is InChI=1S/C14H15N3.C8H6O2/c1-10-9-13(11-7-8-11)17-14(15-10)16-12-5-3-2-4-6-12;9-5-7-1-2-8(6-10)4-3-7/h2-6,9,11H,7-8H2,1H3,(H,15,16,17);1-6H. The minimum absolute atomic E-state index is 0.589. The predicted molar refractivity (Wildman–Crippen MR) is 106 cm³/mol. The van der Waals surface area contributed by atoms with Gasteiger partial charge in [-0.1, -0.05) is 42.5 Å². The maximum Gasteiger partial charge on any atom is 0.227 e. The molecule has 1 aliphatic rings. The zero-order valence-electron chi connectivity index (χ0n) is 15.1. The quantitative estimate of drug-likeness (QED) is 0.668. The molecule has 1 aromatic heterocycles. The molecule has 0 spiro atoms. The average Bonchev–Trinajstić information content (AvgIpc) is 3.54. The second kappa shape index (κ2) is 8.85. The molecule has 0 aliphatic heterocycles. The summed E-state index contributed by atoms with van der Waals surface area (Å²) < 4.78 is 0. The van der Waals surface area contributed by atoms with Gasteiger partial charge in [-0.25, -0.2) is 9.97 Å². The van der Waals surface area contributed by atoms with Gasteiger partial charge in [-0.2, -0.15) is 0 Å². The van der Waals surface area contributed by atoms with Gasteiger partial charge in [-0.3, -0.25) is 9.59 Å². The maximum absolute atomic E-state index is 10.1. The zero-order valence-corrected chi connectivity index (χ0v) is 15.1. The van der Waals surface area contributed by atoms with Crippen LogP contribution < -0.4 is 5.32 Å². The Balaban J connectivity index is 0.000000180. The monoisotopic (exact) mass is 359 g/mol. The highest BCUT2D eigenvalue weighted by Gasteiger charge is 2.25. The SMILES string of the molecule is Cc1cc(C2CC2)nc(Nc2ccccc2)n1.O=Cc1ccc(C=O)cc1. The van der Waals surface area contributed by atoms with Gasteiger partial charge in [0.25, 0.3) is 0 Å². The Bertz CT molecular complexity index is 878. The number of aromatic nitrogens is 2. The number of aldehydes is 2. The Kier molecular flexibility index (Phi) is 6.05. The molecule has 1 fully saturated rings. The molecular formula is C22H21N3O2. The van der Waals surface area contributed by atoms with E-state index in [1.807, 2.05) is 37.3 Å². The third-order valence-corrected chi connectivity index (χ3v) is 4.11. The van der Waals surface area contributed by atoms with E-state index < -0.39 is 0 Å². The zero-order chi connectivity index (χ0) is 19.1. The molecule has 27 heavy (non-hydrogen) atoms. The average molecular weight is 359 g/mol. The molecule has 0 unspecified atom stereocenters. The van der Waals surface area contributed by atoms with E-state index >= 15 is 0 Å². The normalized spacial score (nSPS) is 12.5. The fourth-order valence-electron chi connectivity index (χ4n) is 2.54. The van der Waals surface area contributed by atoms with E-state index in [1.165, 1.54) is 18.5 Å². The van der Waals surface area contributed by atoms with Crippen molar-refractivity contribution >= 4 is 24.2 Å². The van der Waals surface area contributed by atoms with Crippen molar-refractivity contribution in [2.45, 2.75) is 25.7 Å². The highest BCUT2D eigenvalue weighted by atomic mass is 16.1. The van der Waals surface area contributed by atoms with Crippen molar-refractivity contribution in [2.75, 3.05) is 5.32 Å². The van der Waals surface area contributed by atoms with Gasteiger partial charge in [0.05, 0.1) is 0 Å². The fourth-order valence-corrected chi connectivity index (χ4v) is 2.54. The third-order valence-electron chi connectivity index (χ3n) is 4.11. The van der Waals surface area contributed by atoms with Crippen LogP contribution in [0.15, 0.2) is 60.7 Å². The number of para-hydroxylation sites is 1. The lowest BCUT2D eigenvalue weighted by atomic mass is 10.2. The Hall–Kier alpha value is -3.34. The van der Waals surface area contributed by atoms with E-state index in [9.17, 15) is 9.59 Å². The van der Waals surface area contributed by atoms with Gasteiger partial charge in [-0.15, -0.1) is 0 Å². The van der Waals surface area contributed by atoms with E-state index in [-0.39, 0.29) is 0 Å². The molecule has 2 aromatic carbocycles. The van der Waals surface area contributed by atoms with E-state index in [2.05, 4.69) is 21.4 Å². The highest BCUT2D eigenvalue weighted by molar-refractivity contribution is 5.79. The molecule has 136 valence electrons. The second-order valence-corrected chi connectivity index (χ2v) is 6.43. The second-order valence-electron chi connectivity index (χ2n) is 6.43. The van der Waals surface area contributed by atoms with Gasteiger partial charge < -0.3 is 5.32 Å². The Labute approximate surface area is 158 Å². The molecule has 0 amide bonds. The molecule has 1 saturated carbocycles. The summed E-state index contributed by atoms with van der Waals surface area (Å²) in [6, 6.07) is 18.6. The lowest BCUT2D eigenvalue weighted by molar-refractivity contribution is 0.111. The number of rotatable bonds is 5. The first-order valence-electron chi connectivity index (χ1n) is 8.86. The molecule has 5 nitrogen and oxygen atoms in total. The van der Waals surface area contributed by atoms with Crippen LogP contribution in [-0.2, 0) is 0 Å². The van der Waals surface area contributed by atoms with Crippen LogP contribution >= 0.6 is 0 Å². The number of hydrogen-bond donors (Lipinski definition) is 1. The van der Waals surface area contributed by atoms with Crippen LogP contribution in [0, 0.1) is 6.92 Å². The highest BCUT2D eigenvalue weighted by Crippen LogP contribution is 2.39. The summed E-state index contributed by atoms with van der Waals surface area (Å²) in [6.07, 6.45) is 4.02. The summed E-state index contributed by atoms with van der Waals surface area (Å²) in [5, 5.41) is 3.25. The summed E-state index contributed by atoms with van der Waals surface area (Å²) in [5.74, 6) is 1.37. The lowest BCUT2D eigenvalue weighted by Gasteiger charge is -2.07. The van der Waals surface area contributed by atoms with Crippen LogP contribution in [0.5, 0.6) is 0 Å². The molecule has 4 rings (SSSR count). The summed E-state index contributed by atoms with van der Waals surface area (Å²) in [7, 11) is 0. The van der Waals surface area contributed by atoms with E-state index in [0.717, 1.165) is 24.0 Å². The van der Waals surface area contributed by atoms with Crippen molar-refractivity contribution in [1.29, 1.82) is 0 Å². The number of nitrogens with one attached hydrogen (secondary N) is 1. The van der Waals surface area contributed by atoms with Crippen molar-refractivity contribution in [3.63, 3.8) is 0 Å². The number of anilines is 2. The van der Waals surface area contributed by atoms with E-state index in [1.54, 1.807) is 24.3 Å². The van der Waals surface area contributed by atoms with Gasteiger partial charge in [0.15, 0.2) is 0 Å². The Morgan fingerprint density at radius 2 is 1.48 bits per heavy atom. The number of carbonyl (C=O) groups excluding carboxylic acids is 2. The van der Waals surface area contributed by atoms with Gasteiger partial charge in [0.1, 0.15) is 12.6 Å². The molecule has 5 heteroatoms. The summed E-state index contributed by atoms with van der Waals surface area (Å²) in [4.78, 5) is 29.2. The Morgan fingerprint density at radius 1 is 0.889 bits per heavy atom. The molecule has 0 atom stereocenters. The molecule has 3 aromatic rings. The van der Waals surface area contributed by atoms with Crippen molar-refractivity contribution in [2.24, 2.45) is 0 Å². The minimum Gasteiger partial charge on any atom is -0.324 e. The van der Waals surface area contributed by atoms with Crippen molar-refractivity contribution < 1.29 is 9.59 Å². The molecule has 1 N–H and O–H groups in total. The summed E-state index contributed by atoms with van der Waals surface area (Å²) in [6.45, 7) is 2.02. The molecular weight excluding hydrogens is 338 g/mol. The van der Waals surface area contributed by atoms with Crippen molar-refractivity contribution in [3.05, 3.63) is 83.2 Å². The summed E-state index contributed by atoms with van der Waals surface area (Å²) in [5.41, 5.74) is 4.41. The molecule has 0 saturated heterocycles. The smallest absolute Gasteiger partial charge is 0.227 e. The number of aryl methyl sites for hydroxylation is 1. The lowest BCUT2D eigenvalue weighted by Crippen LogP contribution is -2.01. The molecule has 1 heterocycles. The van der Waals surface area contributed by atoms with Gasteiger partial charge in [0.2, 0.25) is 5.95 Å². The first kappa shape index (κ1) is 18.5. The van der Waals surface area contributed by atoms with Crippen LogP contribution in [0.25, 0.3) is 0 Å². The first-order valence-corrected chi connectivity index (χ1v) is 8.86. The molecule has 0 bridgehead atoms. The van der Waals surface area contributed by atoms with Gasteiger partial charge >= 0.3 is 0 Å². The van der Waals surface area contributed by atoms with Crippen molar-refractivity contribution in [1.82, 2.24) is 9.97 Å². The molecule has 1 aliphatic carbocycles. The fraction of sp³-hybridized carbons (Fsp3) is 0.182. The Morgan fingerprint density at radius 3 is 2.00 bits per heavy atom. The largest absolute Gasteiger partial charge is 0.324 e. The van der Waals surface area contributed by atoms with Crippen LogP contribution in [-0.4, -0.2) is 22.5 Å². The molecule has 0 radical (unpaired) electrons. The predicted octanol–water partition coefficient (Wildman–Crippen LogP) is 4.72. The number of benzene rings is 2. The maximum atomic E-state index is 10.1. The van der Waals surface area contributed by atoms with Crippen LogP contribution in [0.4, 0.5) is 11.6 Å².